The van der Waals surface area contributed by atoms with Crippen molar-refractivity contribution in [2.24, 2.45) is 15.5 Å². The van der Waals surface area contributed by atoms with Crippen LogP contribution in [0.4, 0.5) is 0 Å². The molecular weight excluding hydrogens is 212 g/mol. The van der Waals surface area contributed by atoms with Crippen molar-refractivity contribution in [3.05, 3.63) is 0 Å². The molecule has 1 rings (SSSR count). The Morgan fingerprint density at radius 2 is 1.19 bits per heavy atom. The molecule has 0 spiro atoms. The predicted molar refractivity (Wildman–Crippen MR) is 59.0 cm³/mol. The first-order valence-corrected chi connectivity index (χ1v) is 4.77. The lowest BCUT2D eigenvalue weighted by atomic mass is 9.78. The number of piperidine rings is 1. The minimum absolute atomic E-state index is 0.0289. The van der Waals surface area contributed by atoms with Crippen LogP contribution in [0.1, 0.15) is 27.7 Å². The van der Waals surface area contributed by atoms with Crippen molar-refractivity contribution >= 4 is 17.1 Å². The fourth-order valence-corrected chi connectivity index (χ4v) is 2.04. The first-order valence-electron chi connectivity index (χ1n) is 4.77. The van der Waals surface area contributed by atoms with Crippen LogP contribution in [0, 0.1) is 0 Å². The van der Waals surface area contributed by atoms with Crippen LogP contribution in [0.2, 0.25) is 0 Å². The summed E-state index contributed by atoms with van der Waals surface area (Å²) in [6.45, 7) is 7.07. The van der Waals surface area contributed by atoms with Gasteiger partial charge in [-0.05, 0) is 27.7 Å². The van der Waals surface area contributed by atoms with E-state index >= 15 is 0 Å². The monoisotopic (exact) mass is 228 g/mol. The summed E-state index contributed by atoms with van der Waals surface area (Å²) in [6.07, 6.45) is 0. The largest absolute Gasteiger partial charge is 0.411 e. The molecule has 1 heterocycles. The van der Waals surface area contributed by atoms with Crippen LogP contribution in [0.15, 0.2) is 15.5 Å². The van der Waals surface area contributed by atoms with Gasteiger partial charge in [-0.15, -0.1) is 0 Å². The third-order valence-electron chi connectivity index (χ3n) is 2.56. The molecule has 0 aromatic carbocycles. The lowest BCUT2D eigenvalue weighted by Crippen LogP contribution is -2.69. The van der Waals surface area contributed by atoms with Crippen LogP contribution in [0.25, 0.3) is 0 Å². The fraction of sp³-hybridized carbons (Fsp3) is 0.667. The zero-order valence-electron chi connectivity index (χ0n) is 9.68. The average molecular weight is 228 g/mol. The normalized spacial score (nSPS) is 28.4. The minimum atomic E-state index is -0.700. The summed E-state index contributed by atoms with van der Waals surface area (Å²) in [4.78, 5) is 0. The molecule has 0 saturated carbocycles. The Morgan fingerprint density at radius 1 is 0.812 bits per heavy atom. The van der Waals surface area contributed by atoms with Crippen LogP contribution in [-0.2, 0) is 0 Å². The summed E-state index contributed by atoms with van der Waals surface area (Å²) in [5.74, 6) is 0. The van der Waals surface area contributed by atoms with E-state index in [0.29, 0.717) is 0 Å². The number of nitrogens with zero attached hydrogens (tertiary/aromatic N) is 3. The van der Waals surface area contributed by atoms with E-state index in [4.69, 9.17) is 15.6 Å². The van der Waals surface area contributed by atoms with Gasteiger partial charge in [0.2, 0.25) is 0 Å². The number of nitrogens with one attached hydrogen (secondary N) is 1. The Labute approximate surface area is 93.1 Å². The van der Waals surface area contributed by atoms with E-state index in [9.17, 15) is 0 Å². The van der Waals surface area contributed by atoms with Crippen molar-refractivity contribution in [2.45, 2.75) is 38.8 Å². The molecule has 0 aromatic rings. The molecule has 4 N–H and O–H groups in total. The Hall–Kier alpha value is -1.63. The molecule has 0 bridgehead atoms. The highest BCUT2D eigenvalue weighted by molar-refractivity contribution is 6.72. The Kier molecular flexibility index (Phi) is 2.91. The summed E-state index contributed by atoms with van der Waals surface area (Å²) in [5, 5.41) is 39.1. The summed E-state index contributed by atoms with van der Waals surface area (Å²) in [5.41, 5.74) is -1.20. The number of hydrogen-bond donors (Lipinski definition) is 4. The van der Waals surface area contributed by atoms with Gasteiger partial charge in [0.15, 0.2) is 5.71 Å². The average Bonchev–Trinajstić information content (AvgIpc) is 2.13. The predicted octanol–water partition coefficient (Wildman–Crippen LogP) is 0.637. The zero-order valence-corrected chi connectivity index (χ0v) is 9.68. The van der Waals surface area contributed by atoms with Gasteiger partial charge < -0.3 is 15.6 Å². The third-order valence-corrected chi connectivity index (χ3v) is 2.56. The fourth-order valence-electron chi connectivity index (χ4n) is 2.04. The Bertz CT molecular complexity index is 350. The van der Waals surface area contributed by atoms with E-state index in [1.54, 1.807) is 27.7 Å². The maximum Gasteiger partial charge on any atom is 0.156 e. The molecule has 16 heavy (non-hydrogen) atoms. The molecule has 0 unspecified atom stereocenters. The van der Waals surface area contributed by atoms with Crippen LogP contribution < -0.4 is 5.32 Å². The van der Waals surface area contributed by atoms with Crippen LogP contribution >= 0.6 is 0 Å². The molecule has 7 nitrogen and oxygen atoms in total. The van der Waals surface area contributed by atoms with Gasteiger partial charge in [-0.1, -0.05) is 15.5 Å². The summed E-state index contributed by atoms with van der Waals surface area (Å²) in [7, 11) is 0. The van der Waals surface area contributed by atoms with Gasteiger partial charge in [-0.25, -0.2) is 0 Å². The van der Waals surface area contributed by atoms with Crippen LogP contribution in [0.5, 0.6) is 0 Å². The van der Waals surface area contributed by atoms with Gasteiger partial charge in [0, 0.05) is 0 Å². The molecule has 0 atom stereocenters. The maximum absolute atomic E-state index is 8.93. The van der Waals surface area contributed by atoms with Crippen LogP contribution in [-0.4, -0.2) is 43.8 Å². The highest BCUT2D eigenvalue weighted by Gasteiger charge is 2.47. The van der Waals surface area contributed by atoms with E-state index in [1.165, 1.54) is 0 Å². The first kappa shape index (κ1) is 12.4. The Morgan fingerprint density at radius 3 is 1.44 bits per heavy atom. The van der Waals surface area contributed by atoms with Gasteiger partial charge >= 0.3 is 0 Å². The van der Waals surface area contributed by atoms with Crippen molar-refractivity contribution in [1.29, 1.82) is 0 Å². The van der Waals surface area contributed by atoms with E-state index < -0.39 is 11.1 Å². The lowest BCUT2D eigenvalue weighted by molar-refractivity contribution is 0.291. The third kappa shape index (κ3) is 1.73. The highest BCUT2D eigenvalue weighted by Crippen LogP contribution is 2.23. The van der Waals surface area contributed by atoms with Gasteiger partial charge in [-0.3, -0.25) is 5.32 Å². The van der Waals surface area contributed by atoms with Gasteiger partial charge in [0.25, 0.3) is 0 Å². The standard InChI is InChI=1S/C9H16N4O3/c1-8(2)6(11-15)5(10-14)7(12-16)9(3,4)13-8/h13-16H,1-4H3/b11-6-,12-7-. The second-order valence-electron chi connectivity index (χ2n) is 4.72. The summed E-state index contributed by atoms with van der Waals surface area (Å²) >= 11 is 0. The molecule has 1 fully saturated rings. The maximum atomic E-state index is 8.93. The lowest BCUT2D eigenvalue weighted by Gasteiger charge is -2.42. The number of hydrogen-bond acceptors (Lipinski definition) is 7. The van der Waals surface area contributed by atoms with Gasteiger partial charge in [0.1, 0.15) is 11.4 Å². The van der Waals surface area contributed by atoms with Crippen molar-refractivity contribution < 1.29 is 15.6 Å². The quantitative estimate of drug-likeness (QED) is 0.360. The topological polar surface area (TPSA) is 110 Å². The smallest absolute Gasteiger partial charge is 0.156 e. The molecule has 1 saturated heterocycles. The summed E-state index contributed by atoms with van der Waals surface area (Å²) < 4.78 is 0. The van der Waals surface area contributed by atoms with Crippen molar-refractivity contribution in [3.8, 4) is 0 Å². The van der Waals surface area contributed by atoms with Crippen molar-refractivity contribution in [3.63, 3.8) is 0 Å². The first-order chi connectivity index (χ1) is 7.30. The van der Waals surface area contributed by atoms with E-state index in [1.807, 2.05) is 0 Å². The molecule has 1 aliphatic heterocycles. The van der Waals surface area contributed by atoms with E-state index in [2.05, 4.69) is 20.8 Å². The number of oxime groups is 3. The minimum Gasteiger partial charge on any atom is -0.411 e. The Balaban J connectivity index is 3.41. The molecule has 1 aliphatic rings. The second-order valence-corrected chi connectivity index (χ2v) is 4.72. The second kappa shape index (κ2) is 3.75. The van der Waals surface area contributed by atoms with Gasteiger partial charge in [0.05, 0.1) is 11.1 Å². The molecular formula is C9H16N4O3. The van der Waals surface area contributed by atoms with E-state index in [0.717, 1.165) is 0 Å². The molecule has 7 heteroatoms. The van der Waals surface area contributed by atoms with Crippen molar-refractivity contribution in [1.82, 2.24) is 5.32 Å². The molecule has 0 amide bonds. The van der Waals surface area contributed by atoms with Gasteiger partial charge in [-0.2, -0.15) is 0 Å². The SMILES string of the molecule is CC1(C)NC(C)(C)/C(=N\O)C(=NO)/C1=N/O. The summed E-state index contributed by atoms with van der Waals surface area (Å²) in [6, 6.07) is 0. The highest BCUT2D eigenvalue weighted by atomic mass is 16.4. The zero-order chi connectivity index (χ0) is 12.6. The van der Waals surface area contributed by atoms with Crippen LogP contribution in [0.3, 0.4) is 0 Å². The molecule has 0 radical (unpaired) electrons. The molecule has 0 aromatic heterocycles. The van der Waals surface area contributed by atoms with Crippen molar-refractivity contribution in [2.75, 3.05) is 0 Å². The molecule has 0 aliphatic carbocycles. The molecule has 90 valence electrons. The number of rotatable bonds is 0. The van der Waals surface area contributed by atoms with E-state index in [-0.39, 0.29) is 17.1 Å².